The molecule has 3 aromatic carbocycles. The largest absolute Gasteiger partial charge is 0.496 e. The molecule has 0 aromatic heterocycles. The van der Waals surface area contributed by atoms with E-state index < -0.39 is 11.8 Å². The van der Waals surface area contributed by atoms with Crippen LogP contribution in [0, 0.1) is 13.8 Å². The molecule has 158 valence electrons. The molecule has 3 rings (SSSR count). The van der Waals surface area contributed by atoms with Gasteiger partial charge in [-0.3, -0.25) is 4.79 Å². The number of methoxy groups -OCH3 is 2. The minimum Gasteiger partial charge on any atom is -0.496 e. The third-order valence-electron chi connectivity index (χ3n) is 5.33. The molecule has 4 nitrogen and oxygen atoms in total. The lowest BCUT2D eigenvalue weighted by Crippen LogP contribution is -2.04. The van der Waals surface area contributed by atoms with Crippen LogP contribution in [0.5, 0.6) is 5.75 Å². The Kier molecular flexibility index (Phi) is 6.65. The van der Waals surface area contributed by atoms with Crippen LogP contribution in [-0.2, 0) is 4.74 Å². The Balaban J connectivity index is 2.04. The highest BCUT2D eigenvalue weighted by Crippen LogP contribution is 2.32. The number of carbonyl (C=O) groups excluding carboxylic acids is 2. The van der Waals surface area contributed by atoms with Gasteiger partial charge >= 0.3 is 5.97 Å². The summed E-state index contributed by atoms with van der Waals surface area (Å²) in [4.78, 5) is 23.1. The third-order valence-corrected chi connectivity index (χ3v) is 5.33. The molecular weight excluding hydrogens is 395 g/mol. The van der Waals surface area contributed by atoms with Gasteiger partial charge in [-0.2, -0.15) is 0 Å². The smallest absolute Gasteiger partial charge is 0.341 e. The van der Waals surface area contributed by atoms with Crippen molar-refractivity contribution in [1.29, 1.82) is 0 Å². The fourth-order valence-corrected chi connectivity index (χ4v) is 3.51. The van der Waals surface area contributed by atoms with Crippen molar-refractivity contribution < 1.29 is 23.5 Å². The second-order valence-corrected chi connectivity index (χ2v) is 7.06. The van der Waals surface area contributed by atoms with Crippen LogP contribution in [0.2, 0.25) is 0 Å². The zero-order valence-electron chi connectivity index (χ0n) is 17.9. The highest BCUT2D eigenvalue weighted by atomic mass is 19.1. The van der Waals surface area contributed by atoms with Gasteiger partial charge in [0.15, 0.2) is 0 Å². The van der Waals surface area contributed by atoms with E-state index in [0.29, 0.717) is 11.1 Å². The van der Waals surface area contributed by atoms with Crippen molar-refractivity contribution in [2.45, 2.75) is 13.8 Å². The number of halogens is 1. The number of hydrogen-bond acceptors (Lipinski definition) is 4. The fourth-order valence-electron chi connectivity index (χ4n) is 3.51. The van der Waals surface area contributed by atoms with E-state index in [4.69, 9.17) is 9.47 Å². The first kappa shape index (κ1) is 22.0. The van der Waals surface area contributed by atoms with Crippen molar-refractivity contribution in [3.05, 3.63) is 88.0 Å². The molecule has 0 heterocycles. The summed E-state index contributed by atoms with van der Waals surface area (Å²) in [5.41, 5.74) is 5.48. The summed E-state index contributed by atoms with van der Waals surface area (Å²) in [7, 11) is 2.69. The van der Waals surface area contributed by atoms with Crippen molar-refractivity contribution in [2.24, 2.45) is 0 Å². The maximum absolute atomic E-state index is 15.1. The molecule has 0 aliphatic heterocycles. The monoisotopic (exact) mass is 418 g/mol. The van der Waals surface area contributed by atoms with Crippen LogP contribution in [0.25, 0.3) is 23.0 Å². The molecule has 0 aliphatic carbocycles. The Morgan fingerprint density at radius 1 is 0.903 bits per heavy atom. The standard InChI is InChI=1S/C26H23FO4/c1-16-18(7-5-9-21(16)22-10-6-8-20(15-28)17(22)2)13-24(27)19-11-12-23(26(29)31-4)25(14-19)30-3/h5-15H,1-4H3/b24-13-. The maximum atomic E-state index is 15.1. The van der Waals surface area contributed by atoms with Crippen molar-refractivity contribution in [1.82, 2.24) is 0 Å². The van der Waals surface area contributed by atoms with Crippen molar-refractivity contribution in [3.63, 3.8) is 0 Å². The SMILES string of the molecule is COC(=O)c1ccc(/C(F)=C/c2cccc(-c3cccc(C=O)c3C)c2C)cc1OC. The van der Waals surface area contributed by atoms with E-state index in [1.54, 1.807) is 6.07 Å². The van der Waals surface area contributed by atoms with Crippen LogP contribution in [0.15, 0.2) is 54.6 Å². The zero-order valence-corrected chi connectivity index (χ0v) is 17.9. The van der Waals surface area contributed by atoms with Gasteiger partial charge in [-0.15, -0.1) is 0 Å². The lowest BCUT2D eigenvalue weighted by Gasteiger charge is -2.13. The molecule has 0 spiro atoms. The van der Waals surface area contributed by atoms with Gasteiger partial charge in [0.1, 0.15) is 23.4 Å². The Morgan fingerprint density at radius 3 is 2.10 bits per heavy atom. The molecule has 0 atom stereocenters. The van der Waals surface area contributed by atoms with Gasteiger partial charge in [-0.25, -0.2) is 9.18 Å². The second kappa shape index (κ2) is 9.39. The van der Waals surface area contributed by atoms with Crippen LogP contribution in [-0.4, -0.2) is 26.5 Å². The first-order valence-corrected chi connectivity index (χ1v) is 9.70. The number of benzene rings is 3. The molecule has 0 bridgehead atoms. The van der Waals surface area contributed by atoms with Crippen molar-refractivity contribution >= 4 is 24.2 Å². The Labute approximate surface area is 180 Å². The summed E-state index contributed by atoms with van der Waals surface area (Å²) in [6.07, 6.45) is 2.29. The minimum absolute atomic E-state index is 0.227. The highest BCUT2D eigenvalue weighted by molar-refractivity contribution is 5.93. The number of aldehydes is 1. The third kappa shape index (κ3) is 4.40. The summed E-state index contributed by atoms with van der Waals surface area (Å²) in [5, 5.41) is 0. The number of rotatable bonds is 6. The lowest BCUT2D eigenvalue weighted by molar-refractivity contribution is 0.0597. The van der Waals surface area contributed by atoms with Gasteiger partial charge in [0.05, 0.1) is 14.2 Å². The van der Waals surface area contributed by atoms with Crippen molar-refractivity contribution in [2.75, 3.05) is 14.2 Å². The number of carbonyl (C=O) groups is 2. The molecule has 0 aliphatic rings. The molecule has 0 radical (unpaired) electrons. The molecule has 0 fully saturated rings. The van der Waals surface area contributed by atoms with E-state index in [9.17, 15) is 9.59 Å². The Hall–Kier alpha value is -3.73. The van der Waals surface area contributed by atoms with E-state index >= 15 is 4.39 Å². The fraction of sp³-hybridized carbons (Fsp3) is 0.154. The average Bonchev–Trinajstić information content (AvgIpc) is 2.79. The molecule has 0 N–H and O–H groups in total. The maximum Gasteiger partial charge on any atom is 0.341 e. The molecular formula is C26H23FO4. The average molecular weight is 418 g/mol. The molecule has 0 unspecified atom stereocenters. The van der Waals surface area contributed by atoms with E-state index in [0.717, 1.165) is 28.5 Å². The summed E-state index contributed by atoms with van der Waals surface area (Å²) in [5.74, 6) is -0.780. The molecule has 31 heavy (non-hydrogen) atoms. The normalized spacial score (nSPS) is 11.2. The molecule has 0 saturated carbocycles. The van der Waals surface area contributed by atoms with Gasteiger partial charge < -0.3 is 9.47 Å². The van der Waals surface area contributed by atoms with E-state index in [1.807, 2.05) is 44.2 Å². The van der Waals surface area contributed by atoms with E-state index in [2.05, 4.69) is 0 Å². The van der Waals surface area contributed by atoms with Gasteiger partial charge in [0.2, 0.25) is 0 Å². The number of ether oxygens (including phenoxy) is 2. The topological polar surface area (TPSA) is 52.6 Å². The van der Waals surface area contributed by atoms with E-state index in [1.165, 1.54) is 38.5 Å². The van der Waals surface area contributed by atoms with Crippen LogP contribution in [0.3, 0.4) is 0 Å². The second-order valence-electron chi connectivity index (χ2n) is 7.06. The predicted octanol–water partition coefficient (Wildman–Crippen LogP) is 6.05. The van der Waals surface area contributed by atoms with Gasteiger partial charge in [-0.05, 0) is 59.9 Å². The summed E-state index contributed by atoms with van der Waals surface area (Å²) in [6, 6.07) is 15.7. The van der Waals surface area contributed by atoms with Crippen LogP contribution in [0.4, 0.5) is 4.39 Å². The van der Waals surface area contributed by atoms with Gasteiger partial charge in [-0.1, -0.05) is 42.5 Å². The minimum atomic E-state index is -0.552. The lowest BCUT2D eigenvalue weighted by atomic mass is 9.91. The predicted molar refractivity (Wildman–Crippen MR) is 120 cm³/mol. The van der Waals surface area contributed by atoms with Crippen LogP contribution in [0.1, 0.15) is 43.0 Å². The zero-order chi connectivity index (χ0) is 22.5. The van der Waals surface area contributed by atoms with Crippen molar-refractivity contribution in [3.8, 4) is 16.9 Å². The van der Waals surface area contributed by atoms with Gasteiger partial charge in [0.25, 0.3) is 0 Å². The van der Waals surface area contributed by atoms with Crippen LogP contribution < -0.4 is 4.74 Å². The highest BCUT2D eigenvalue weighted by Gasteiger charge is 2.15. The van der Waals surface area contributed by atoms with E-state index in [-0.39, 0.29) is 16.9 Å². The molecule has 0 saturated heterocycles. The Morgan fingerprint density at radius 2 is 1.52 bits per heavy atom. The van der Waals surface area contributed by atoms with Crippen LogP contribution >= 0.6 is 0 Å². The Bertz CT molecular complexity index is 1180. The number of esters is 1. The molecule has 5 heteroatoms. The molecule has 0 amide bonds. The first-order valence-electron chi connectivity index (χ1n) is 9.70. The first-order chi connectivity index (χ1) is 14.9. The quantitative estimate of drug-likeness (QED) is 0.278. The summed E-state index contributed by atoms with van der Waals surface area (Å²) < 4.78 is 25.1. The summed E-state index contributed by atoms with van der Waals surface area (Å²) in [6.45, 7) is 3.82. The number of hydrogen-bond donors (Lipinski definition) is 0. The molecule has 3 aromatic rings. The summed E-state index contributed by atoms with van der Waals surface area (Å²) >= 11 is 0. The van der Waals surface area contributed by atoms with Gasteiger partial charge in [0, 0.05) is 11.1 Å².